The molecule has 3 aromatic heterocycles. The van der Waals surface area contributed by atoms with Crippen LogP contribution in [0.5, 0.6) is 0 Å². The Hall–Kier alpha value is -3.99. The average Bonchev–Trinajstić information content (AvgIpc) is 3.31. The van der Waals surface area contributed by atoms with Crippen molar-refractivity contribution in [2.75, 3.05) is 10.6 Å². The Balaban J connectivity index is 1.39. The van der Waals surface area contributed by atoms with Crippen LogP contribution in [0.1, 0.15) is 50.5 Å². The van der Waals surface area contributed by atoms with Gasteiger partial charge in [0.2, 0.25) is 5.95 Å². The first-order valence-corrected chi connectivity index (χ1v) is 11.4. The molecule has 8 nitrogen and oxygen atoms in total. The molecule has 3 heterocycles. The summed E-state index contributed by atoms with van der Waals surface area (Å²) >= 11 is 6.19. The van der Waals surface area contributed by atoms with Crippen LogP contribution in [0.3, 0.4) is 0 Å². The molecule has 0 saturated heterocycles. The van der Waals surface area contributed by atoms with Gasteiger partial charge in [-0.1, -0.05) is 11.6 Å². The maximum absolute atomic E-state index is 13.6. The van der Waals surface area contributed by atoms with Gasteiger partial charge in [0.15, 0.2) is 5.69 Å². The summed E-state index contributed by atoms with van der Waals surface area (Å²) in [6.07, 6.45) is 0.443. The molecule has 0 radical (unpaired) electrons. The number of H-pyrrole nitrogens is 1. The number of nitrogens with one attached hydrogen (secondary N) is 3. The summed E-state index contributed by atoms with van der Waals surface area (Å²) in [5.74, 6) is -1.81. The maximum atomic E-state index is 13.6. The van der Waals surface area contributed by atoms with Crippen molar-refractivity contribution in [1.82, 2.24) is 19.9 Å². The third-order valence-electron chi connectivity index (χ3n) is 5.81. The standard InChI is InChI=1S/C24H18ClF3N6O2/c25-17-6-5-13(10-16(17)22(36)31-14-9-12-7-8-29-20(12)30-11-14)21(35)34-23-32-18-4-2-1-3-15(18)19(33-23)24(26,27)28/h5-11H,1-4H2,(H,29,30)(H,31,36)(H,32,33,34,35). The van der Waals surface area contributed by atoms with Gasteiger partial charge in [-0.25, -0.2) is 15.0 Å². The second kappa shape index (κ2) is 9.23. The number of nitrogens with zero attached hydrogens (tertiary/aromatic N) is 3. The van der Waals surface area contributed by atoms with Crippen LogP contribution in [0.4, 0.5) is 24.8 Å². The molecule has 12 heteroatoms. The van der Waals surface area contributed by atoms with Gasteiger partial charge >= 0.3 is 6.18 Å². The number of carbonyl (C=O) groups excluding carboxylic acids is 2. The van der Waals surface area contributed by atoms with E-state index in [1.54, 1.807) is 18.3 Å². The monoisotopic (exact) mass is 514 g/mol. The zero-order valence-electron chi connectivity index (χ0n) is 18.5. The second-order valence-electron chi connectivity index (χ2n) is 8.27. The zero-order valence-corrected chi connectivity index (χ0v) is 19.3. The van der Waals surface area contributed by atoms with E-state index in [0.717, 1.165) is 5.39 Å². The van der Waals surface area contributed by atoms with Crippen LogP contribution in [-0.2, 0) is 19.0 Å². The van der Waals surface area contributed by atoms with Gasteiger partial charge in [-0.3, -0.25) is 14.9 Å². The second-order valence-corrected chi connectivity index (χ2v) is 8.68. The van der Waals surface area contributed by atoms with Gasteiger partial charge in [0.05, 0.1) is 22.5 Å². The lowest BCUT2D eigenvalue weighted by molar-refractivity contribution is -0.142. The minimum atomic E-state index is -4.67. The van der Waals surface area contributed by atoms with E-state index in [1.807, 2.05) is 0 Å². The Morgan fingerprint density at radius 2 is 1.81 bits per heavy atom. The van der Waals surface area contributed by atoms with E-state index in [0.29, 0.717) is 30.6 Å². The molecule has 0 atom stereocenters. The van der Waals surface area contributed by atoms with Gasteiger partial charge < -0.3 is 10.3 Å². The molecule has 0 saturated carbocycles. The van der Waals surface area contributed by atoms with E-state index in [1.165, 1.54) is 24.4 Å². The predicted molar refractivity (Wildman–Crippen MR) is 127 cm³/mol. The third-order valence-corrected chi connectivity index (χ3v) is 6.14. The number of benzene rings is 1. The average molecular weight is 515 g/mol. The maximum Gasteiger partial charge on any atom is 0.433 e. The molecule has 1 aliphatic carbocycles. The molecule has 4 aromatic rings. The van der Waals surface area contributed by atoms with Gasteiger partial charge in [-0.2, -0.15) is 13.2 Å². The summed E-state index contributed by atoms with van der Waals surface area (Å²) in [6.45, 7) is 0. The quantitative estimate of drug-likeness (QED) is 0.337. The summed E-state index contributed by atoms with van der Waals surface area (Å²) in [7, 11) is 0. The first kappa shape index (κ1) is 23.7. The van der Waals surface area contributed by atoms with Crippen LogP contribution >= 0.6 is 11.6 Å². The predicted octanol–water partition coefficient (Wildman–Crippen LogP) is 5.41. The SMILES string of the molecule is O=C(Nc1nc2c(c(C(F)(F)F)n1)CCCC2)c1ccc(Cl)c(C(=O)Nc2cnc3[nH]ccc3c2)c1. The first-order valence-electron chi connectivity index (χ1n) is 11.0. The van der Waals surface area contributed by atoms with Gasteiger partial charge in [0.1, 0.15) is 5.65 Å². The summed E-state index contributed by atoms with van der Waals surface area (Å²) in [5.41, 5.74) is 0.390. The van der Waals surface area contributed by atoms with Crippen LogP contribution < -0.4 is 10.6 Å². The Morgan fingerprint density at radius 1 is 1.00 bits per heavy atom. The van der Waals surface area contributed by atoms with Crippen molar-refractivity contribution in [1.29, 1.82) is 0 Å². The Morgan fingerprint density at radius 3 is 2.61 bits per heavy atom. The van der Waals surface area contributed by atoms with E-state index in [4.69, 9.17) is 11.6 Å². The number of aromatic nitrogens is 4. The molecule has 0 bridgehead atoms. The lowest BCUT2D eigenvalue weighted by Crippen LogP contribution is -2.22. The highest BCUT2D eigenvalue weighted by molar-refractivity contribution is 6.34. The van der Waals surface area contributed by atoms with Crippen LogP contribution in [0.25, 0.3) is 11.0 Å². The van der Waals surface area contributed by atoms with Crippen LogP contribution in [0, 0.1) is 0 Å². The minimum Gasteiger partial charge on any atom is -0.346 e. The molecule has 0 fully saturated rings. The van der Waals surface area contributed by atoms with E-state index >= 15 is 0 Å². The van der Waals surface area contributed by atoms with Gasteiger partial charge in [-0.15, -0.1) is 0 Å². The molecule has 1 aromatic carbocycles. The molecule has 0 spiro atoms. The first-order chi connectivity index (χ1) is 17.2. The van der Waals surface area contributed by atoms with Gasteiger partial charge in [-0.05, 0) is 56.0 Å². The highest BCUT2D eigenvalue weighted by Gasteiger charge is 2.38. The van der Waals surface area contributed by atoms with E-state index < -0.39 is 29.6 Å². The fourth-order valence-electron chi connectivity index (χ4n) is 4.11. The zero-order chi connectivity index (χ0) is 25.4. The lowest BCUT2D eigenvalue weighted by atomic mass is 9.94. The van der Waals surface area contributed by atoms with Crippen LogP contribution in [0.15, 0.2) is 42.7 Å². The van der Waals surface area contributed by atoms with Crippen molar-refractivity contribution in [2.24, 2.45) is 0 Å². The van der Waals surface area contributed by atoms with E-state index in [9.17, 15) is 22.8 Å². The van der Waals surface area contributed by atoms with Crippen LogP contribution in [0.2, 0.25) is 5.02 Å². The summed E-state index contributed by atoms with van der Waals surface area (Å²) in [4.78, 5) is 40.6. The molecule has 0 aliphatic heterocycles. The number of pyridine rings is 1. The molecular weight excluding hydrogens is 497 g/mol. The number of aromatic amines is 1. The van der Waals surface area contributed by atoms with Crippen molar-refractivity contribution >= 4 is 46.1 Å². The third kappa shape index (κ3) is 4.74. The number of hydrogen-bond acceptors (Lipinski definition) is 5. The smallest absolute Gasteiger partial charge is 0.346 e. The van der Waals surface area contributed by atoms with Crippen LogP contribution in [-0.4, -0.2) is 31.8 Å². The summed E-state index contributed by atoms with van der Waals surface area (Å²) < 4.78 is 40.7. The number of halogens is 4. The fourth-order valence-corrected chi connectivity index (χ4v) is 4.31. The molecule has 0 unspecified atom stereocenters. The van der Waals surface area contributed by atoms with Gasteiger partial charge in [0, 0.05) is 28.4 Å². The van der Waals surface area contributed by atoms with Crippen molar-refractivity contribution in [2.45, 2.75) is 31.9 Å². The summed E-state index contributed by atoms with van der Waals surface area (Å²) in [5, 5.41) is 5.87. The van der Waals surface area contributed by atoms with E-state index in [2.05, 4.69) is 30.6 Å². The molecule has 36 heavy (non-hydrogen) atoms. The minimum absolute atomic E-state index is 0.000761. The number of aryl methyl sites for hydroxylation is 1. The van der Waals surface area contributed by atoms with Crippen molar-refractivity contribution in [3.63, 3.8) is 0 Å². The van der Waals surface area contributed by atoms with Crippen molar-refractivity contribution in [3.05, 3.63) is 75.8 Å². The van der Waals surface area contributed by atoms with Crippen molar-refractivity contribution in [3.8, 4) is 0 Å². The molecule has 1 aliphatic rings. The molecule has 5 rings (SSSR count). The largest absolute Gasteiger partial charge is 0.433 e. The Labute approximate surface area is 207 Å². The lowest BCUT2D eigenvalue weighted by Gasteiger charge is -2.20. The number of hydrogen-bond donors (Lipinski definition) is 3. The Bertz CT molecular complexity index is 1500. The summed E-state index contributed by atoms with van der Waals surface area (Å²) in [6, 6.07) is 7.47. The number of fused-ring (bicyclic) bond motifs is 2. The fraction of sp³-hybridized carbons (Fsp3) is 0.208. The van der Waals surface area contributed by atoms with Crippen molar-refractivity contribution < 1.29 is 22.8 Å². The number of anilines is 2. The molecule has 3 N–H and O–H groups in total. The number of rotatable bonds is 4. The molecular formula is C24H18ClF3N6O2. The van der Waals surface area contributed by atoms with E-state index in [-0.39, 0.29) is 33.8 Å². The molecule has 2 amide bonds. The number of alkyl halides is 3. The highest BCUT2D eigenvalue weighted by atomic mass is 35.5. The number of carbonyl (C=O) groups is 2. The normalized spacial score (nSPS) is 13.3. The topological polar surface area (TPSA) is 113 Å². The van der Waals surface area contributed by atoms with Gasteiger partial charge in [0.25, 0.3) is 11.8 Å². The molecule has 184 valence electrons. The highest BCUT2D eigenvalue weighted by Crippen LogP contribution is 2.35. The Kier molecular flexibility index (Phi) is 6.09. The number of amides is 2.